The number of piperazine rings is 1. The molecule has 0 atom stereocenters. The summed E-state index contributed by atoms with van der Waals surface area (Å²) in [6.45, 7) is 12.7. The Kier molecular flexibility index (Phi) is 7.06. The Balaban J connectivity index is 1.76. The number of carbonyl (C=O) groups is 1. The lowest BCUT2D eigenvalue weighted by Crippen LogP contribution is -2.48. The highest BCUT2D eigenvalue weighted by Gasteiger charge is 2.30. The number of sulfonamides is 1. The standard InChI is InChI=1S/C24H33N3O3S/c1-17(2)16-25-24(28)22-15-21(10-9-19(22)4)31(29,30)27-13-11-26(12-14-27)23-8-6-7-18(3)20(23)5/h6-10,15,17H,11-14,16H2,1-5H3,(H,25,28). The van der Waals surface area contributed by atoms with Crippen LogP contribution in [0.25, 0.3) is 0 Å². The van der Waals surface area contributed by atoms with E-state index in [1.54, 1.807) is 12.1 Å². The van der Waals surface area contributed by atoms with Crippen LogP contribution in [-0.4, -0.2) is 51.4 Å². The first-order valence-corrected chi connectivity index (χ1v) is 12.3. The molecule has 6 nitrogen and oxygen atoms in total. The molecule has 0 saturated carbocycles. The van der Waals surface area contributed by atoms with E-state index < -0.39 is 10.0 Å². The number of hydrogen-bond acceptors (Lipinski definition) is 4. The van der Waals surface area contributed by atoms with Crippen molar-refractivity contribution < 1.29 is 13.2 Å². The molecular weight excluding hydrogens is 410 g/mol. The molecular formula is C24H33N3O3S. The van der Waals surface area contributed by atoms with Gasteiger partial charge in [-0.15, -0.1) is 0 Å². The lowest BCUT2D eigenvalue weighted by Gasteiger charge is -2.36. The number of benzene rings is 2. The van der Waals surface area contributed by atoms with Crippen LogP contribution < -0.4 is 10.2 Å². The van der Waals surface area contributed by atoms with Crippen LogP contribution in [0.2, 0.25) is 0 Å². The van der Waals surface area contributed by atoms with Crippen LogP contribution >= 0.6 is 0 Å². The highest BCUT2D eigenvalue weighted by molar-refractivity contribution is 7.89. The number of amides is 1. The zero-order valence-electron chi connectivity index (χ0n) is 19.1. The molecule has 1 aliphatic heterocycles. The van der Waals surface area contributed by atoms with Crippen molar-refractivity contribution in [2.45, 2.75) is 39.5 Å². The molecule has 1 heterocycles. The topological polar surface area (TPSA) is 69.7 Å². The van der Waals surface area contributed by atoms with Gasteiger partial charge in [-0.1, -0.05) is 32.0 Å². The van der Waals surface area contributed by atoms with Crippen molar-refractivity contribution in [2.75, 3.05) is 37.6 Å². The quantitative estimate of drug-likeness (QED) is 0.742. The smallest absolute Gasteiger partial charge is 0.251 e. The second kappa shape index (κ2) is 9.40. The van der Waals surface area contributed by atoms with Crippen LogP contribution in [0.1, 0.15) is 40.9 Å². The SMILES string of the molecule is Cc1ccc(S(=O)(=O)N2CCN(c3cccc(C)c3C)CC2)cc1C(=O)NCC(C)C. The molecule has 2 aromatic carbocycles. The van der Waals surface area contributed by atoms with Crippen LogP contribution in [0.3, 0.4) is 0 Å². The number of carbonyl (C=O) groups excluding carboxylic acids is 1. The van der Waals surface area contributed by atoms with E-state index in [0.717, 1.165) is 11.3 Å². The van der Waals surface area contributed by atoms with Crippen molar-refractivity contribution in [3.8, 4) is 0 Å². The fourth-order valence-corrected chi connectivity index (χ4v) is 5.24. The summed E-state index contributed by atoms with van der Waals surface area (Å²) in [5.41, 5.74) is 4.80. The second-order valence-corrected chi connectivity index (χ2v) is 10.6. The molecule has 3 rings (SSSR count). The monoisotopic (exact) mass is 443 g/mol. The van der Waals surface area contributed by atoms with Crippen LogP contribution in [0.4, 0.5) is 5.69 Å². The number of nitrogens with one attached hydrogen (secondary N) is 1. The minimum absolute atomic E-state index is 0.174. The fraction of sp³-hybridized carbons (Fsp3) is 0.458. The van der Waals surface area contributed by atoms with E-state index in [0.29, 0.717) is 44.2 Å². The summed E-state index contributed by atoms with van der Waals surface area (Å²) in [6.07, 6.45) is 0. The van der Waals surface area contributed by atoms with Crippen molar-refractivity contribution in [1.29, 1.82) is 0 Å². The third-order valence-corrected chi connectivity index (χ3v) is 7.81. The Morgan fingerprint density at radius 1 is 1.00 bits per heavy atom. The summed E-state index contributed by atoms with van der Waals surface area (Å²) in [5, 5.41) is 2.88. The molecule has 7 heteroatoms. The van der Waals surface area contributed by atoms with E-state index in [1.807, 2.05) is 26.8 Å². The molecule has 0 radical (unpaired) electrons. The first-order chi connectivity index (χ1) is 14.6. The summed E-state index contributed by atoms with van der Waals surface area (Å²) >= 11 is 0. The minimum atomic E-state index is -3.66. The van der Waals surface area contributed by atoms with Crippen LogP contribution in [0, 0.1) is 26.7 Å². The summed E-state index contributed by atoms with van der Waals surface area (Å²) in [7, 11) is -3.66. The molecule has 1 aliphatic rings. The molecule has 168 valence electrons. The maximum Gasteiger partial charge on any atom is 0.251 e. The fourth-order valence-electron chi connectivity index (χ4n) is 3.79. The largest absolute Gasteiger partial charge is 0.369 e. The van der Waals surface area contributed by atoms with Gasteiger partial charge in [-0.05, 0) is 61.6 Å². The van der Waals surface area contributed by atoms with Gasteiger partial charge in [0.2, 0.25) is 10.0 Å². The Morgan fingerprint density at radius 3 is 2.32 bits per heavy atom. The van der Waals surface area contributed by atoms with Crippen molar-refractivity contribution in [1.82, 2.24) is 9.62 Å². The summed E-state index contributed by atoms with van der Waals surface area (Å²) in [5.74, 6) is 0.0903. The van der Waals surface area contributed by atoms with Crippen molar-refractivity contribution in [3.63, 3.8) is 0 Å². The zero-order valence-corrected chi connectivity index (χ0v) is 19.9. The van der Waals surface area contributed by atoms with Crippen molar-refractivity contribution in [2.24, 2.45) is 5.92 Å². The molecule has 31 heavy (non-hydrogen) atoms. The minimum Gasteiger partial charge on any atom is -0.369 e. The molecule has 0 unspecified atom stereocenters. The van der Waals surface area contributed by atoms with Gasteiger partial charge in [0.15, 0.2) is 0 Å². The molecule has 1 fully saturated rings. The first-order valence-electron chi connectivity index (χ1n) is 10.8. The van der Waals surface area contributed by atoms with Crippen molar-refractivity contribution in [3.05, 3.63) is 58.7 Å². The van der Waals surface area contributed by atoms with Gasteiger partial charge >= 0.3 is 0 Å². The van der Waals surface area contributed by atoms with E-state index in [2.05, 4.69) is 36.2 Å². The van der Waals surface area contributed by atoms with E-state index >= 15 is 0 Å². The molecule has 1 N–H and O–H groups in total. The van der Waals surface area contributed by atoms with Gasteiger partial charge in [0.05, 0.1) is 4.90 Å². The Labute approximate surface area is 186 Å². The van der Waals surface area contributed by atoms with E-state index in [4.69, 9.17) is 0 Å². The number of nitrogens with zero attached hydrogens (tertiary/aromatic N) is 2. The summed E-state index contributed by atoms with van der Waals surface area (Å²) in [4.78, 5) is 15.0. The Bertz CT molecular complexity index is 1060. The number of hydrogen-bond donors (Lipinski definition) is 1. The predicted octanol–water partition coefficient (Wildman–Crippen LogP) is 3.51. The molecule has 2 aromatic rings. The Hall–Kier alpha value is -2.38. The number of rotatable bonds is 6. The predicted molar refractivity (Wildman–Crippen MR) is 125 cm³/mol. The van der Waals surface area contributed by atoms with Crippen molar-refractivity contribution >= 4 is 21.6 Å². The number of anilines is 1. The second-order valence-electron chi connectivity index (χ2n) is 8.69. The lowest BCUT2D eigenvalue weighted by atomic mass is 10.1. The van der Waals surface area contributed by atoms with Gasteiger partial charge in [0.1, 0.15) is 0 Å². The van der Waals surface area contributed by atoms with Gasteiger partial charge in [-0.25, -0.2) is 8.42 Å². The molecule has 0 aliphatic carbocycles. The van der Waals surface area contributed by atoms with Gasteiger partial charge in [0, 0.05) is 44.0 Å². The van der Waals surface area contributed by atoms with Gasteiger partial charge in [-0.3, -0.25) is 4.79 Å². The zero-order chi connectivity index (χ0) is 22.8. The highest BCUT2D eigenvalue weighted by atomic mass is 32.2. The van der Waals surface area contributed by atoms with Gasteiger partial charge in [0.25, 0.3) is 5.91 Å². The average Bonchev–Trinajstić information content (AvgIpc) is 2.74. The van der Waals surface area contributed by atoms with Crippen LogP contribution in [0.15, 0.2) is 41.3 Å². The Morgan fingerprint density at radius 2 is 1.68 bits per heavy atom. The van der Waals surface area contributed by atoms with E-state index in [1.165, 1.54) is 21.5 Å². The maximum absolute atomic E-state index is 13.3. The van der Waals surface area contributed by atoms with Gasteiger partial charge in [-0.2, -0.15) is 4.31 Å². The molecule has 1 saturated heterocycles. The van der Waals surface area contributed by atoms with Gasteiger partial charge < -0.3 is 10.2 Å². The number of aryl methyl sites for hydroxylation is 2. The summed E-state index contributed by atoms with van der Waals surface area (Å²) in [6, 6.07) is 11.0. The highest BCUT2D eigenvalue weighted by Crippen LogP contribution is 2.26. The third-order valence-electron chi connectivity index (χ3n) is 5.92. The molecule has 1 amide bonds. The summed E-state index contributed by atoms with van der Waals surface area (Å²) < 4.78 is 28.1. The third kappa shape index (κ3) is 5.10. The lowest BCUT2D eigenvalue weighted by molar-refractivity contribution is 0.0948. The van der Waals surface area contributed by atoms with Crippen LogP contribution in [0.5, 0.6) is 0 Å². The van der Waals surface area contributed by atoms with E-state index in [9.17, 15) is 13.2 Å². The first kappa shape index (κ1) is 23.3. The molecule has 0 spiro atoms. The molecule has 0 bridgehead atoms. The molecule has 0 aromatic heterocycles. The van der Waals surface area contributed by atoms with Crippen LogP contribution in [-0.2, 0) is 10.0 Å². The maximum atomic E-state index is 13.3. The average molecular weight is 444 g/mol. The normalized spacial score (nSPS) is 15.4. The van der Waals surface area contributed by atoms with E-state index in [-0.39, 0.29) is 10.8 Å².